The number of β-amino-alcohol motifs (C(OH)–C–C–N with tert-alkyl or cyclic N) is 2. The SMILES string of the molecule is CNc1cncc(N2C[C@@H](O)[C@H](O)C2)c1. The van der Waals surface area contributed by atoms with Gasteiger partial charge in [0.1, 0.15) is 0 Å². The fraction of sp³-hybridized carbons (Fsp3) is 0.500. The normalized spacial score (nSPS) is 25.7. The molecule has 0 aliphatic carbocycles. The van der Waals surface area contributed by atoms with Crippen molar-refractivity contribution in [3.63, 3.8) is 0 Å². The zero-order valence-electron chi connectivity index (χ0n) is 8.59. The molecule has 1 fully saturated rings. The quantitative estimate of drug-likeness (QED) is 0.622. The van der Waals surface area contributed by atoms with Gasteiger partial charge >= 0.3 is 0 Å². The molecule has 0 saturated carbocycles. The van der Waals surface area contributed by atoms with Gasteiger partial charge in [0, 0.05) is 20.1 Å². The van der Waals surface area contributed by atoms with Gasteiger partial charge in [0.2, 0.25) is 0 Å². The highest BCUT2D eigenvalue weighted by atomic mass is 16.3. The Labute approximate surface area is 88.4 Å². The Kier molecular flexibility index (Phi) is 2.75. The van der Waals surface area contributed by atoms with E-state index in [1.807, 2.05) is 18.0 Å². The molecule has 2 heterocycles. The minimum Gasteiger partial charge on any atom is -0.389 e. The van der Waals surface area contributed by atoms with Crippen LogP contribution in [-0.4, -0.2) is 47.5 Å². The topological polar surface area (TPSA) is 68.6 Å². The summed E-state index contributed by atoms with van der Waals surface area (Å²) >= 11 is 0. The van der Waals surface area contributed by atoms with E-state index in [1.54, 1.807) is 12.4 Å². The smallest absolute Gasteiger partial charge is 0.0990 e. The summed E-state index contributed by atoms with van der Waals surface area (Å²) in [7, 11) is 1.83. The highest BCUT2D eigenvalue weighted by Crippen LogP contribution is 2.22. The van der Waals surface area contributed by atoms with Gasteiger partial charge in [-0.3, -0.25) is 4.98 Å². The molecule has 0 spiro atoms. The molecular weight excluding hydrogens is 194 g/mol. The average molecular weight is 209 g/mol. The molecule has 0 aromatic carbocycles. The summed E-state index contributed by atoms with van der Waals surface area (Å²) in [4.78, 5) is 6.00. The number of aliphatic hydroxyl groups is 2. The molecule has 5 nitrogen and oxygen atoms in total. The van der Waals surface area contributed by atoms with Crippen molar-refractivity contribution in [1.29, 1.82) is 0 Å². The van der Waals surface area contributed by atoms with Crippen LogP contribution >= 0.6 is 0 Å². The van der Waals surface area contributed by atoms with Crippen LogP contribution in [0, 0.1) is 0 Å². The average Bonchev–Trinajstić information content (AvgIpc) is 2.59. The van der Waals surface area contributed by atoms with Crippen LogP contribution in [0.15, 0.2) is 18.5 Å². The van der Waals surface area contributed by atoms with Crippen LogP contribution in [0.25, 0.3) is 0 Å². The van der Waals surface area contributed by atoms with Gasteiger partial charge in [0.25, 0.3) is 0 Å². The Balaban J connectivity index is 2.16. The molecule has 1 aromatic rings. The second-order valence-corrected chi connectivity index (χ2v) is 3.72. The number of aromatic nitrogens is 1. The third-order valence-corrected chi connectivity index (χ3v) is 2.64. The standard InChI is InChI=1S/C10H15N3O2/c1-11-7-2-8(4-12-3-7)13-5-9(14)10(15)6-13/h2-4,9-11,14-15H,5-6H2,1H3/t9-,10-/m1/s1. The van der Waals surface area contributed by atoms with Gasteiger partial charge in [-0.05, 0) is 6.07 Å². The minimum absolute atomic E-state index is 0.454. The fourth-order valence-electron chi connectivity index (χ4n) is 1.72. The minimum atomic E-state index is -0.664. The van der Waals surface area contributed by atoms with Gasteiger partial charge in [-0.2, -0.15) is 0 Å². The number of aliphatic hydroxyl groups excluding tert-OH is 2. The highest BCUT2D eigenvalue weighted by Gasteiger charge is 2.29. The highest BCUT2D eigenvalue weighted by molar-refractivity contribution is 5.56. The summed E-state index contributed by atoms with van der Waals surface area (Å²) in [5.74, 6) is 0. The second kappa shape index (κ2) is 4.04. The predicted octanol–water partition coefficient (Wildman–Crippen LogP) is -0.335. The molecule has 1 aliphatic rings. The van der Waals surface area contributed by atoms with Crippen molar-refractivity contribution in [2.75, 3.05) is 30.4 Å². The number of rotatable bonds is 2. The fourth-order valence-corrected chi connectivity index (χ4v) is 1.72. The molecule has 5 heteroatoms. The third kappa shape index (κ3) is 2.03. The number of hydrogen-bond donors (Lipinski definition) is 3. The van der Waals surface area contributed by atoms with E-state index < -0.39 is 12.2 Å². The van der Waals surface area contributed by atoms with E-state index in [2.05, 4.69) is 10.3 Å². The largest absolute Gasteiger partial charge is 0.389 e. The first-order valence-electron chi connectivity index (χ1n) is 4.94. The van der Waals surface area contributed by atoms with E-state index in [0.717, 1.165) is 11.4 Å². The van der Waals surface area contributed by atoms with Crippen LogP contribution in [0.4, 0.5) is 11.4 Å². The lowest BCUT2D eigenvalue weighted by atomic mass is 10.3. The molecule has 2 atom stereocenters. The van der Waals surface area contributed by atoms with Gasteiger partial charge in [0.15, 0.2) is 0 Å². The zero-order chi connectivity index (χ0) is 10.8. The van der Waals surface area contributed by atoms with E-state index in [9.17, 15) is 10.2 Å². The van der Waals surface area contributed by atoms with Crippen LogP contribution in [0.1, 0.15) is 0 Å². The second-order valence-electron chi connectivity index (χ2n) is 3.72. The number of nitrogens with zero attached hydrogens (tertiary/aromatic N) is 2. The molecule has 0 unspecified atom stereocenters. The van der Waals surface area contributed by atoms with Crippen LogP contribution < -0.4 is 10.2 Å². The molecule has 82 valence electrons. The molecule has 1 saturated heterocycles. The Hall–Kier alpha value is -1.33. The Morgan fingerprint density at radius 3 is 2.60 bits per heavy atom. The summed E-state index contributed by atoms with van der Waals surface area (Å²) in [5.41, 5.74) is 1.83. The van der Waals surface area contributed by atoms with Gasteiger partial charge in [0.05, 0.1) is 36.0 Å². The van der Waals surface area contributed by atoms with Gasteiger partial charge in [-0.25, -0.2) is 0 Å². The lowest BCUT2D eigenvalue weighted by molar-refractivity contribution is 0.0572. The molecule has 2 rings (SSSR count). The third-order valence-electron chi connectivity index (χ3n) is 2.64. The summed E-state index contributed by atoms with van der Waals surface area (Å²) in [6, 6.07) is 1.94. The monoisotopic (exact) mass is 209 g/mol. The van der Waals surface area contributed by atoms with Crippen molar-refractivity contribution in [3.05, 3.63) is 18.5 Å². The van der Waals surface area contributed by atoms with Crippen molar-refractivity contribution >= 4 is 11.4 Å². The van der Waals surface area contributed by atoms with E-state index in [-0.39, 0.29) is 0 Å². The van der Waals surface area contributed by atoms with Gasteiger partial charge < -0.3 is 20.4 Å². The van der Waals surface area contributed by atoms with Crippen LogP contribution in [0.2, 0.25) is 0 Å². The molecule has 1 aromatic heterocycles. The van der Waals surface area contributed by atoms with Crippen LogP contribution in [0.5, 0.6) is 0 Å². The van der Waals surface area contributed by atoms with Crippen LogP contribution in [-0.2, 0) is 0 Å². The summed E-state index contributed by atoms with van der Waals surface area (Å²) < 4.78 is 0. The zero-order valence-corrected chi connectivity index (χ0v) is 8.59. The summed E-state index contributed by atoms with van der Waals surface area (Å²) in [6.07, 6.45) is 2.13. The number of hydrogen-bond acceptors (Lipinski definition) is 5. The maximum absolute atomic E-state index is 9.43. The van der Waals surface area contributed by atoms with E-state index in [1.165, 1.54) is 0 Å². The van der Waals surface area contributed by atoms with E-state index in [4.69, 9.17) is 0 Å². The lowest BCUT2D eigenvalue weighted by Gasteiger charge is -2.17. The summed E-state index contributed by atoms with van der Waals surface area (Å²) in [6.45, 7) is 0.909. The maximum Gasteiger partial charge on any atom is 0.0990 e. The molecular formula is C10H15N3O2. The van der Waals surface area contributed by atoms with Gasteiger partial charge in [-0.15, -0.1) is 0 Å². The number of pyridine rings is 1. The number of nitrogens with one attached hydrogen (secondary N) is 1. The van der Waals surface area contributed by atoms with Crippen molar-refractivity contribution in [2.45, 2.75) is 12.2 Å². The first-order valence-corrected chi connectivity index (χ1v) is 4.94. The number of anilines is 2. The summed E-state index contributed by atoms with van der Waals surface area (Å²) in [5, 5.41) is 21.9. The molecule has 3 N–H and O–H groups in total. The molecule has 1 aliphatic heterocycles. The Morgan fingerprint density at radius 1 is 1.33 bits per heavy atom. The molecule has 0 amide bonds. The van der Waals surface area contributed by atoms with Gasteiger partial charge in [-0.1, -0.05) is 0 Å². The predicted molar refractivity (Wildman–Crippen MR) is 58.0 cm³/mol. The Bertz CT molecular complexity index is 335. The first kappa shape index (κ1) is 10.2. The van der Waals surface area contributed by atoms with Crippen molar-refractivity contribution < 1.29 is 10.2 Å². The first-order chi connectivity index (χ1) is 7.20. The van der Waals surface area contributed by atoms with E-state index in [0.29, 0.717) is 13.1 Å². The maximum atomic E-state index is 9.43. The molecule has 0 radical (unpaired) electrons. The van der Waals surface area contributed by atoms with Crippen molar-refractivity contribution in [3.8, 4) is 0 Å². The van der Waals surface area contributed by atoms with Crippen molar-refractivity contribution in [1.82, 2.24) is 4.98 Å². The van der Waals surface area contributed by atoms with Crippen molar-refractivity contribution in [2.24, 2.45) is 0 Å². The molecule has 15 heavy (non-hydrogen) atoms. The molecule has 0 bridgehead atoms. The van der Waals surface area contributed by atoms with E-state index >= 15 is 0 Å². The van der Waals surface area contributed by atoms with Crippen LogP contribution in [0.3, 0.4) is 0 Å². The lowest BCUT2D eigenvalue weighted by Crippen LogP contribution is -2.22. The Morgan fingerprint density at radius 2 is 2.00 bits per heavy atom.